The summed E-state index contributed by atoms with van der Waals surface area (Å²) in [6.07, 6.45) is 3.96. The van der Waals surface area contributed by atoms with Crippen molar-refractivity contribution in [1.29, 1.82) is 0 Å². The summed E-state index contributed by atoms with van der Waals surface area (Å²) in [5, 5.41) is 1.84. The predicted molar refractivity (Wildman–Crippen MR) is 165 cm³/mol. The van der Waals surface area contributed by atoms with Crippen LogP contribution in [0, 0.1) is 5.92 Å². The Hall–Kier alpha value is -3.66. The van der Waals surface area contributed by atoms with Gasteiger partial charge >= 0.3 is 0 Å². The molecule has 0 spiro atoms. The molecule has 226 valence electrons. The molecule has 4 aromatic rings. The fraction of sp³-hybridized carbons (Fsp3) is 0.353. The minimum absolute atomic E-state index is 0.165. The predicted octanol–water partition coefficient (Wildman–Crippen LogP) is 6.89. The summed E-state index contributed by atoms with van der Waals surface area (Å²) in [6.45, 7) is 3.34. The zero-order chi connectivity index (χ0) is 29.8. The van der Waals surface area contributed by atoms with E-state index in [1.807, 2.05) is 54.6 Å². The van der Waals surface area contributed by atoms with Gasteiger partial charge in [0.1, 0.15) is 29.6 Å². The molecule has 2 aliphatic rings. The highest BCUT2D eigenvalue weighted by Crippen LogP contribution is 2.41. The summed E-state index contributed by atoms with van der Waals surface area (Å²) in [7, 11) is -3.32. The first-order chi connectivity index (χ1) is 20.9. The molecule has 4 aromatic carbocycles. The molecule has 0 radical (unpaired) electrons. The zero-order valence-electron chi connectivity index (χ0n) is 24.2. The van der Waals surface area contributed by atoms with E-state index in [1.165, 1.54) is 6.26 Å². The Balaban J connectivity index is 1.25. The molecule has 9 heteroatoms. The normalized spacial score (nSPS) is 17.9. The summed E-state index contributed by atoms with van der Waals surface area (Å²) in [5.74, 6) is 2.92. The molecular weight excluding hydrogens is 569 g/mol. The van der Waals surface area contributed by atoms with Crippen molar-refractivity contribution in [3.05, 3.63) is 78.9 Å². The number of rotatable bonds is 11. The quantitative estimate of drug-likeness (QED) is 0.184. The molecule has 1 unspecified atom stereocenters. The number of ether oxygens (including phenoxy) is 4. The molecule has 2 heterocycles. The number of hydrogen-bond acceptors (Lipinski definition) is 7. The molecule has 0 bridgehead atoms. The number of benzene rings is 4. The third-order valence-electron chi connectivity index (χ3n) is 7.91. The minimum atomic E-state index is -3.32. The van der Waals surface area contributed by atoms with Gasteiger partial charge in [0, 0.05) is 49.2 Å². The molecule has 6 rings (SSSR count). The molecule has 1 atom stereocenters. The summed E-state index contributed by atoms with van der Waals surface area (Å²) in [6, 6.07) is 24.2. The fourth-order valence-corrected chi connectivity index (χ4v) is 6.13. The molecule has 2 fully saturated rings. The van der Waals surface area contributed by atoms with Crippen molar-refractivity contribution in [2.24, 2.45) is 5.92 Å². The second-order valence-electron chi connectivity index (χ2n) is 11.2. The molecule has 2 aliphatic heterocycles. The summed E-state index contributed by atoms with van der Waals surface area (Å²) < 4.78 is 61.0. The van der Waals surface area contributed by atoms with Gasteiger partial charge in [0.2, 0.25) is 0 Å². The maximum absolute atomic E-state index is 12.7. The van der Waals surface area contributed by atoms with Gasteiger partial charge < -0.3 is 18.9 Å². The second-order valence-corrected chi connectivity index (χ2v) is 13.3. The van der Waals surface area contributed by atoms with E-state index in [9.17, 15) is 12.8 Å². The van der Waals surface area contributed by atoms with Crippen molar-refractivity contribution in [3.8, 4) is 34.1 Å². The Labute approximate surface area is 252 Å². The number of alkyl halides is 1. The van der Waals surface area contributed by atoms with Crippen LogP contribution in [-0.4, -0.2) is 65.4 Å². The van der Waals surface area contributed by atoms with Crippen molar-refractivity contribution < 1.29 is 31.8 Å². The third-order valence-corrected chi connectivity index (χ3v) is 9.04. The zero-order valence-corrected chi connectivity index (χ0v) is 25.0. The first-order valence-electron chi connectivity index (χ1n) is 14.7. The maximum atomic E-state index is 12.7. The first kappa shape index (κ1) is 29.4. The summed E-state index contributed by atoms with van der Waals surface area (Å²) >= 11 is 0. The van der Waals surface area contributed by atoms with Crippen molar-refractivity contribution in [1.82, 2.24) is 4.90 Å². The van der Waals surface area contributed by atoms with E-state index < -0.39 is 9.84 Å². The maximum Gasteiger partial charge on any atom is 0.199 e. The topological polar surface area (TPSA) is 74.3 Å². The number of halogens is 1. The number of likely N-dealkylation sites (tertiary alicyclic amines) is 1. The second kappa shape index (κ2) is 12.9. The van der Waals surface area contributed by atoms with Gasteiger partial charge in [-0.15, -0.1) is 0 Å². The molecule has 0 aromatic heterocycles. The molecule has 7 nitrogen and oxygen atoms in total. The van der Waals surface area contributed by atoms with Gasteiger partial charge in [-0.3, -0.25) is 9.29 Å². The number of hydrogen-bond donors (Lipinski definition) is 0. The van der Waals surface area contributed by atoms with Crippen LogP contribution >= 0.6 is 0 Å². The van der Waals surface area contributed by atoms with Gasteiger partial charge in [0.25, 0.3) is 0 Å². The van der Waals surface area contributed by atoms with Crippen LogP contribution in [0.2, 0.25) is 0 Å². The van der Waals surface area contributed by atoms with E-state index in [4.69, 9.17) is 18.9 Å². The first-order valence-corrected chi connectivity index (χ1v) is 16.6. The fourth-order valence-electron chi connectivity index (χ4n) is 5.50. The van der Waals surface area contributed by atoms with Crippen LogP contribution in [0.15, 0.2) is 83.8 Å². The Morgan fingerprint density at radius 1 is 0.907 bits per heavy atom. The molecule has 0 N–H and O–H groups in total. The Bertz CT molecular complexity index is 1650. The third kappa shape index (κ3) is 7.12. The van der Waals surface area contributed by atoms with Crippen LogP contribution in [0.1, 0.15) is 19.3 Å². The van der Waals surface area contributed by atoms with Crippen molar-refractivity contribution >= 4 is 20.6 Å². The molecule has 43 heavy (non-hydrogen) atoms. The summed E-state index contributed by atoms with van der Waals surface area (Å²) in [4.78, 5) is 2.45. The van der Waals surface area contributed by atoms with Crippen LogP contribution < -0.4 is 14.2 Å². The highest BCUT2D eigenvalue weighted by atomic mass is 32.2. The standard InChI is InChI=1S/C34H36FNO6S/c1-43(37,38)30-13-5-25(6-14-30)31-15-7-26-20-29(41-33-4-2-3-18-40-33)12-16-32(26)34(31)42-28-10-8-27(9-11-28)39-19-17-36-22-24(21-35)23-36/h5-16,20,24,33H,2-4,17-19,21-23H2,1H3. The van der Waals surface area contributed by atoms with Crippen LogP contribution in [0.25, 0.3) is 21.9 Å². The van der Waals surface area contributed by atoms with Crippen LogP contribution in [-0.2, 0) is 14.6 Å². The Kier molecular flexibility index (Phi) is 8.83. The summed E-state index contributed by atoms with van der Waals surface area (Å²) in [5.41, 5.74) is 1.67. The van der Waals surface area contributed by atoms with E-state index in [0.717, 1.165) is 72.3 Å². The van der Waals surface area contributed by atoms with Crippen LogP contribution in [0.4, 0.5) is 4.39 Å². The van der Waals surface area contributed by atoms with Crippen molar-refractivity contribution in [2.75, 3.05) is 45.8 Å². The lowest BCUT2D eigenvalue weighted by Gasteiger charge is -2.37. The van der Waals surface area contributed by atoms with Gasteiger partial charge in [-0.25, -0.2) is 8.42 Å². The van der Waals surface area contributed by atoms with Crippen molar-refractivity contribution in [3.63, 3.8) is 0 Å². The molecule has 0 aliphatic carbocycles. The Morgan fingerprint density at radius 3 is 2.35 bits per heavy atom. The van der Waals surface area contributed by atoms with Crippen LogP contribution in [0.3, 0.4) is 0 Å². The van der Waals surface area contributed by atoms with Gasteiger partial charge in [0.05, 0.1) is 18.2 Å². The Morgan fingerprint density at radius 2 is 1.65 bits per heavy atom. The van der Waals surface area contributed by atoms with E-state index in [-0.39, 0.29) is 23.8 Å². The van der Waals surface area contributed by atoms with Crippen molar-refractivity contribution in [2.45, 2.75) is 30.4 Å². The lowest BCUT2D eigenvalue weighted by molar-refractivity contribution is -0.105. The van der Waals surface area contributed by atoms with E-state index >= 15 is 0 Å². The van der Waals surface area contributed by atoms with Gasteiger partial charge in [-0.1, -0.05) is 18.2 Å². The molecule has 2 saturated heterocycles. The van der Waals surface area contributed by atoms with Gasteiger partial charge in [-0.05, 0) is 84.5 Å². The molecule has 0 amide bonds. The molecule has 0 saturated carbocycles. The van der Waals surface area contributed by atoms with E-state index in [2.05, 4.69) is 4.90 Å². The average molecular weight is 606 g/mol. The van der Waals surface area contributed by atoms with Gasteiger partial charge in [-0.2, -0.15) is 0 Å². The number of sulfone groups is 1. The van der Waals surface area contributed by atoms with Gasteiger partial charge in [0.15, 0.2) is 16.1 Å². The van der Waals surface area contributed by atoms with E-state index in [0.29, 0.717) is 24.7 Å². The van der Waals surface area contributed by atoms with E-state index in [1.54, 1.807) is 24.3 Å². The lowest BCUT2D eigenvalue weighted by atomic mass is 9.99. The monoisotopic (exact) mass is 605 g/mol. The minimum Gasteiger partial charge on any atom is -0.492 e. The smallest absolute Gasteiger partial charge is 0.199 e. The number of nitrogens with zero attached hydrogens (tertiary/aromatic N) is 1. The lowest BCUT2D eigenvalue weighted by Crippen LogP contribution is -2.49. The highest BCUT2D eigenvalue weighted by molar-refractivity contribution is 7.90. The molecular formula is C34H36FNO6S. The average Bonchev–Trinajstić information content (AvgIpc) is 2.99. The van der Waals surface area contributed by atoms with Crippen LogP contribution in [0.5, 0.6) is 23.0 Å². The number of fused-ring (bicyclic) bond motifs is 1. The highest BCUT2D eigenvalue weighted by Gasteiger charge is 2.26. The largest absolute Gasteiger partial charge is 0.492 e. The SMILES string of the molecule is CS(=O)(=O)c1ccc(-c2ccc3cc(OC4CCCCO4)ccc3c2Oc2ccc(OCCN3CC(CF)C3)cc2)cc1.